The van der Waals surface area contributed by atoms with E-state index in [2.05, 4.69) is 15.5 Å². The topological polar surface area (TPSA) is 86.5 Å². The maximum absolute atomic E-state index is 11.8. The van der Waals surface area contributed by atoms with Crippen LogP contribution in [0.15, 0.2) is 22.7 Å². The molecule has 0 aliphatic heterocycles. The van der Waals surface area contributed by atoms with Crippen molar-refractivity contribution in [2.24, 2.45) is 0 Å². The summed E-state index contributed by atoms with van der Waals surface area (Å²) >= 11 is 0. The molecule has 0 aliphatic carbocycles. The Kier molecular flexibility index (Phi) is 4.76. The van der Waals surface area contributed by atoms with Crippen LogP contribution in [0.5, 0.6) is 11.5 Å². The zero-order valence-electron chi connectivity index (χ0n) is 12.2. The van der Waals surface area contributed by atoms with Crippen LogP contribution < -0.4 is 14.8 Å². The quantitative estimate of drug-likeness (QED) is 0.875. The van der Waals surface area contributed by atoms with Gasteiger partial charge in [-0.25, -0.2) is 0 Å². The number of amides is 1. The number of methoxy groups -OCH3 is 2. The molecular weight excluding hydrogens is 274 g/mol. The van der Waals surface area contributed by atoms with Crippen LogP contribution in [0.3, 0.4) is 0 Å². The number of carbonyl (C=O) groups is 1. The van der Waals surface area contributed by atoms with Gasteiger partial charge in [0.2, 0.25) is 11.8 Å². The molecule has 0 unspecified atom stereocenters. The van der Waals surface area contributed by atoms with E-state index in [1.165, 1.54) is 0 Å². The Hall–Kier alpha value is -2.57. The van der Waals surface area contributed by atoms with Gasteiger partial charge < -0.3 is 14.0 Å². The Bertz CT molecular complexity index is 624. The molecule has 0 radical (unpaired) electrons. The number of rotatable bonds is 6. The second-order valence-electron chi connectivity index (χ2n) is 4.37. The third-order valence-electron chi connectivity index (χ3n) is 2.87. The van der Waals surface area contributed by atoms with E-state index in [1.54, 1.807) is 21.1 Å². The maximum Gasteiger partial charge on any atom is 0.270 e. The first kappa shape index (κ1) is 14.8. The van der Waals surface area contributed by atoms with Crippen molar-refractivity contribution in [3.63, 3.8) is 0 Å². The first-order valence-electron chi connectivity index (χ1n) is 6.43. The molecule has 1 aromatic carbocycles. The molecule has 7 heteroatoms. The van der Waals surface area contributed by atoms with E-state index in [9.17, 15) is 4.79 Å². The molecule has 2 aromatic rings. The number of anilines is 1. The average Bonchev–Trinajstić information content (AvgIpc) is 2.89. The number of aryl methyl sites for hydroxylation is 2. The summed E-state index contributed by atoms with van der Waals surface area (Å²) in [5, 5.41) is 6.18. The molecule has 2 rings (SSSR count). The lowest BCUT2D eigenvalue weighted by molar-refractivity contribution is -0.116. The molecule has 0 saturated heterocycles. The minimum atomic E-state index is -0.175. The molecule has 0 bridgehead atoms. The molecule has 0 saturated carbocycles. The maximum atomic E-state index is 11.8. The number of hydrogen-bond donors (Lipinski definition) is 1. The zero-order chi connectivity index (χ0) is 15.2. The Morgan fingerprint density at radius 1 is 1.29 bits per heavy atom. The van der Waals surface area contributed by atoms with Crippen LogP contribution in [0.4, 0.5) is 5.95 Å². The van der Waals surface area contributed by atoms with Gasteiger partial charge in [0.05, 0.1) is 14.2 Å². The van der Waals surface area contributed by atoms with Gasteiger partial charge in [0.1, 0.15) is 0 Å². The van der Waals surface area contributed by atoms with E-state index in [0.29, 0.717) is 30.2 Å². The van der Waals surface area contributed by atoms with Gasteiger partial charge in [-0.15, -0.1) is 0 Å². The van der Waals surface area contributed by atoms with E-state index in [0.717, 1.165) is 5.56 Å². The summed E-state index contributed by atoms with van der Waals surface area (Å²) < 4.78 is 15.2. The van der Waals surface area contributed by atoms with Crippen molar-refractivity contribution < 1.29 is 18.8 Å². The number of nitrogens with one attached hydrogen (secondary N) is 1. The van der Waals surface area contributed by atoms with Crippen LogP contribution in [0.25, 0.3) is 0 Å². The van der Waals surface area contributed by atoms with Gasteiger partial charge in [-0.3, -0.25) is 10.1 Å². The third-order valence-corrected chi connectivity index (χ3v) is 2.87. The summed E-state index contributed by atoms with van der Waals surface area (Å²) in [6.45, 7) is 1.66. The van der Waals surface area contributed by atoms with Crippen molar-refractivity contribution in [2.75, 3.05) is 19.5 Å². The standard InChI is InChI=1S/C14H17N3O4/c1-9-15-14(17-21-9)16-13(18)7-5-10-4-6-11(19-2)12(8-10)20-3/h4,6,8H,5,7H2,1-3H3,(H,16,17,18). The fourth-order valence-corrected chi connectivity index (χ4v) is 1.83. The number of ether oxygens (including phenoxy) is 2. The Labute approximate surface area is 122 Å². The monoisotopic (exact) mass is 291 g/mol. The lowest BCUT2D eigenvalue weighted by Gasteiger charge is -2.09. The molecule has 1 amide bonds. The largest absolute Gasteiger partial charge is 0.493 e. The summed E-state index contributed by atoms with van der Waals surface area (Å²) in [6.07, 6.45) is 0.881. The highest BCUT2D eigenvalue weighted by Crippen LogP contribution is 2.27. The van der Waals surface area contributed by atoms with E-state index in [4.69, 9.17) is 14.0 Å². The lowest BCUT2D eigenvalue weighted by Crippen LogP contribution is -2.13. The van der Waals surface area contributed by atoms with Crippen LogP contribution in [-0.4, -0.2) is 30.3 Å². The highest BCUT2D eigenvalue weighted by atomic mass is 16.5. The molecule has 1 heterocycles. The Morgan fingerprint density at radius 2 is 2.05 bits per heavy atom. The normalized spacial score (nSPS) is 10.2. The van der Waals surface area contributed by atoms with E-state index in [-0.39, 0.29) is 11.9 Å². The second kappa shape index (κ2) is 6.74. The van der Waals surface area contributed by atoms with Gasteiger partial charge >= 0.3 is 0 Å². The summed E-state index contributed by atoms with van der Waals surface area (Å²) in [4.78, 5) is 15.7. The van der Waals surface area contributed by atoms with Crippen molar-refractivity contribution in [2.45, 2.75) is 19.8 Å². The first-order valence-corrected chi connectivity index (χ1v) is 6.43. The van der Waals surface area contributed by atoms with Crippen LogP contribution >= 0.6 is 0 Å². The molecule has 112 valence electrons. The minimum absolute atomic E-state index is 0.175. The Morgan fingerprint density at radius 3 is 2.67 bits per heavy atom. The molecule has 21 heavy (non-hydrogen) atoms. The molecular formula is C14H17N3O4. The highest BCUT2D eigenvalue weighted by molar-refractivity contribution is 5.88. The second-order valence-corrected chi connectivity index (χ2v) is 4.37. The number of nitrogens with zero attached hydrogens (tertiary/aromatic N) is 2. The molecule has 0 spiro atoms. The summed E-state index contributed by atoms with van der Waals surface area (Å²) in [7, 11) is 3.16. The molecule has 7 nitrogen and oxygen atoms in total. The van der Waals surface area contributed by atoms with Gasteiger partial charge in [-0.05, 0) is 29.3 Å². The summed E-state index contributed by atoms with van der Waals surface area (Å²) in [6, 6.07) is 5.56. The predicted molar refractivity (Wildman–Crippen MR) is 75.5 cm³/mol. The Balaban J connectivity index is 1.91. The van der Waals surface area contributed by atoms with Crippen LogP contribution in [0.2, 0.25) is 0 Å². The van der Waals surface area contributed by atoms with Gasteiger partial charge in [0, 0.05) is 13.3 Å². The van der Waals surface area contributed by atoms with E-state index in [1.807, 2.05) is 18.2 Å². The smallest absolute Gasteiger partial charge is 0.270 e. The fraction of sp³-hybridized carbons (Fsp3) is 0.357. The average molecular weight is 291 g/mol. The van der Waals surface area contributed by atoms with E-state index >= 15 is 0 Å². The third kappa shape index (κ3) is 3.95. The number of carbonyl (C=O) groups excluding carboxylic acids is 1. The van der Waals surface area contributed by atoms with Crippen LogP contribution in [0.1, 0.15) is 17.9 Å². The van der Waals surface area contributed by atoms with Crippen molar-refractivity contribution in [3.8, 4) is 11.5 Å². The SMILES string of the molecule is COc1ccc(CCC(=O)Nc2noc(C)n2)cc1OC. The molecule has 1 aromatic heterocycles. The van der Waals surface area contributed by atoms with Crippen molar-refractivity contribution in [3.05, 3.63) is 29.7 Å². The van der Waals surface area contributed by atoms with Gasteiger partial charge in [-0.2, -0.15) is 4.98 Å². The minimum Gasteiger partial charge on any atom is -0.493 e. The van der Waals surface area contributed by atoms with Crippen LogP contribution in [0, 0.1) is 6.92 Å². The highest BCUT2D eigenvalue weighted by Gasteiger charge is 2.09. The summed E-state index contributed by atoms with van der Waals surface area (Å²) in [5.74, 6) is 1.72. The zero-order valence-corrected chi connectivity index (χ0v) is 12.2. The number of benzene rings is 1. The fourth-order valence-electron chi connectivity index (χ4n) is 1.83. The summed E-state index contributed by atoms with van der Waals surface area (Å²) in [5.41, 5.74) is 0.979. The molecule has 0 atom stereocenters. The van der Waals surface area contributed by atoms with Gasteiger partial charge in [0.25, 0.3) is 5.95 Å². The van der Waals surface area contributed by atoms with E-state index < -0.39 is 0 Å². The number of hydrogen-bond acceptors (Lipinski definition) is 6. The number of aromatic nitrogens is 2. The molecule has 0 fully saturated rings. The molecule has 1 N–H and O–H groups in total. The van der Waals surface area contributed by atoms with Crippen molar-refractivity contribution in [1.82, 2.24) is 10.1 Å². The van der Waals surface area contributed by atoms with Gasteiger partial charge in [-0.1, -0.05) is 6.07 Å². The first-order chi connectivity index (χ1) is 10.1. The molecule has 0 aliphatic rings. The lowest BCUT2D eigenvalue weighted by atomic mass is 10.1. The van der Waals surface area contributed by atoms with Crippen molar-refractivity contribution >= 4 is 11.9 Å². The van der Waals surface area contributed by atoms with Gasteiger partial charge in [0.15, 0.2) is 11.5 Å². The predicted octanol–water partition coefficient (Wildman–Crippen LogP) is 1.97. The van der Waals surface area contributed by atoms with Crippen molar-refractivity contribution in [1.29, 1.82) is 0 Å². The van der Waals surface area contributed by atoms with Crippen LogP contribution in [-0.2, 0) is 11.2 Å².